The number of hydrogen-bond acceptors (Lipinski definition) is 4. The van der Waals surface area contributed by atoms with E-state index in [2.05, 4.69) is 11.4 Å². The minimum atomic E-state index is -0.421. The summed E-state index contributed by atoms with van der Waals surface area (Å²) >= 11 is 0. The summed E-state index contributed by atoms with van der Waals surface area (Å²) in [5, 5.41) is 21.9. The Morgan fingerprint density at radius 2 is 2.00 bits per heavy atom. The van der Waals surface area contributed by atoms with Crippen LogP contribution in [0.1, 0.15) is 17.2 Å². The highest BCUT2D eigenvalue weighted by Crippen LogP contribution is 2.18. The quantitative estimate of drug-likeness (QED) is 0.855. The molecule has 21 heavy (non-hydrogen) atoms. The number of nitrogens with one attached hydrogen (secondary N) is 1. The largest absolute Gasteiger partial charge is 0.508 e. The molecule has 2 N–H and O–H groups in total. The maximum Gasteiger partial charge on any atom is 0.121 e. The molecule has 4 nitrogen and oxygen atoms in total. The molecule has 0 radical (unpaired) electrons. The van der Waals surface area contributed by atoms with E-state index in [9.17, 15) is 10.4 Å². The Kier molecular flexibility index (Phi) is 5.19. The first-order chi connectivity index (χ1) is 10.2. The van der Waals surface area contributed by atoms with Gasteiger partial charge in [-0.3, -0.25) is 5.32 Å². The Morgan fingerprint density at radius 3 is 2.62 bits per heavy atom. The van der Waals surface area contributed by atoms with E-state index in [0.717, 1.165) is 17.7 Å². The van der Waals surface area contributed by atoms with Crippen molar-refractivity contribution in [2.24, 2.45) is 0 Å². The normalized spacial score (nSPS) is 11.6. The number of nitriles is 1. The highest BCUT2D eigenvalue weighted by Gasteiger charge is 2.09. The molecule has 2 rings (SSSR count). The van der Waals surface area contributed by atoms with Gasteiger partial charge in [-0.05, 0) is 41.8 Å². The molecular formula is C17H18N2O2. The molecule has 0 saturated heterocycles. The van der Waals surface area contributed by atoms with Crippen molar-refractivity contribution in [2.75, 3.05) is 13.7 Å². The third-order valence-corrected chi connectivity index (χ3v) is 3.25. The predicted octanol–water partition coefficient (Wildman–Crippen LogP) is 2.80. The monoisotopic (exact) mass is 282 g/mol. The number of rotatable bonds is 6. The molecule has 1 atom stereocenters. The zero-order valence-electron chi connectivity index (χ0n) is 11.9. The summed E-state index contributed by atoms with van der Waals surface area (Å²) in [5.41, 5.74) is 1.95. The highest BCUT2D eigenvalue weighted by molar-refractivity contribution is 5.32. The lowest BCUT2D eigenvalue weighted by molar-refractivity contribution is 0.414. The zero-order valence-corrected chi connectivity index (χ0v) is 11.9. The number of benzene rings is 2. The van der Waals surface area contributed by atoms with Gasteiger partial charge in [-0.1, -0.05) is 24.3 Å². The summed E-state index contributed by atoms with van der Waals surface area (Å²) in [7, 11) is 1.64. The van der Waals surface area contributed by atoms with Crippen LogP contribution >= 0.6 is 0 Å². The second-order valence-electron chi connectivity index (χ2n) is 4.71. The summed E-state index contributed by atoms with van der Waals surface area (Å²) in [6.45, 7) is 0.681. The van der Waals surface area contributed by atoms with E-state index in [-0.39, 0.29) is 5.75 Å². The average molecular weight is 282 g/mol. The molecule has 0 aliphatic rings. The molecular weight excluding hydrogens is 264 g/mol. The minimum absolute atomic E-state index is 0.171. The van der Waals surface area contributed by atoms with Crippen LogP contribution < -0.4 is 10.1 Å². The van der Waals surface area contributed by atoms with Gasteiger partial charge in [0.05, 0.1) is 13.2 Å². The van der Waals surface area contributed by atoms with Crippen LogP contribution in [0.2, 0.25) is 0 Å². The van der Waals surface area contributed by atoms with E-state index >= 15 is 0 Å². The Bertz CT molecular complexity index is 617. The highest BCUT2D eigenvalue weighted by atomic mass is 16.5. The van der Waals surface area contributed by atoms with Crippen LogP contribution in [0.3, 0.4) is 0 Å². The molecule has 0 amide bonds. The molecule has 2 aromatic carbocycles. The Morgan fingerprint density at radius 1 is 1.24 bits per heavy atom. The van der Waals surface area contributed by atoms with Crippen molar-refractivity contribution < 1.29 is 9.84 Å². The van der Waals surface area contributed by atoms with Gasteiger partial charge in [-0.15, -0.1) is 0 Å². The van der Waals surface area contributed by atoms with Gasteiger partial charge in [0.1, 0.15) is 17.5 Å². The number of ether oxygens (including phenoxy) is 1. The average Bonchev–Trinajstić information content (AvgIpc) is 2.52. The Hall–Kier alpha value is -2.51. The Balaban J connectivity index is 1.90. The van der Waals surface area contributed by atoms with E-state index in [1.54, 1.807) is 25.3 Å². The van der Waals surface area contributed by atoms with Crippen molar-refractivity contribution in [3.05, 3.63) is 59.7 Å². The minimum Gasteiger partial charge on any atom is -0.508 e. The standard InChI is InChI=1S/C17H18N2O2/c1-21-16-7-5-13(6-8-16)9-10-19-17(12-18)14-3-2-4-15(20)11-14/h2-8,11,17,19-20H,9-10H2,1H3. The molecule has 0 aliphatic carbocycles. The summed E-state index contributed by atoms with van der Waals surface area (Å²) in [6, 6.07) is 16.4. The summed E-state index contributed by atoms with van der Waals surface area (Å²) in [5.74, 6) is 1.01. The summed E-state index contributed by atoms with van der Waals surface area (Å²) < 4.78 is 5.12. The van der Waals surface area contributed by atoms with Crippen molar-refractivity contribution >= 4 is 0 Å². The first-order valence-corrected chi connectivity index (χ1v) is 6.78. The first kappa shape index (κ1) is 14.9. The van der Waals surface area contributed by atoms with Crippen molar-refractivity contribution in [3.63, 3.8) is 0 Å². The van der Waals surface area contributed by atoms with Gasteiger partial charge >= 0.3 is 0 Å². The zero-order chi connectivity index (χ0) is 15.1. The lowest BCUT2D eigenvalue weighted by Crippen LogP contribution is -2.22. The van der Waals surface area contributed by atoms with Crippen LogP contribution in [0.15, 0.2) is 48.5 Å². The van der Waals surface area contributed by atoms with E-state index in [4.69, 9.17) is 4.74 Å². The molecule has 4 heteroatoms. The van der Waals surface area contributed by atoms with Crippen LogP contribution in [-0.4, -0.2) is 18.8 Å². The predicted molar refractivity (Wildman–Crippen MR) is 81.2 cm³/mol. The lowest BCUT2D eigenvalue weighted by atomic mass is 10.1. The van der Waals surface area contributed by atoms with Crippen molar-refractivity contribution in [2.45, 2.75) is 12.5 Å². The molecule has 0 saturated carbocycles. The summed E-state index contributed by atoms with van der Waals surface area (Å²) in [6.07, 6.45) is 0.820. The van der Waals surface area contributed by atoms with Gasteiger partial charge in [0.25, 0.3) is 0 Å². The van der Waals surface area contributed by atoms with Crippen LogP contribution in [-0.2, 0) is 6.42 Å². The Labute approximate surface area is 124 Å². The van der Waals surface area contributed by atoms with Crippen molar-refractivity contribution in [3.8, 4) is 17.6 Å². The van der Waals surface area contributed by atoms with Gasteiger partial charge in [0.2, 0.25) is 0 Å². The lowest BCUT2D eigenvalue weighted by Gasteiger charge is -2.12. The molecule has 0 fully saturated rings. The molecule has 0 spiro atoms. The molecule has 1 unspecified atom stereocenters. The second kappa shape index (κ2) is 7.32. The van der Waals surface area contributed by atoms with Crippen LogP contribution in [0, 0.1) is 11.3 Å². The topological polar surface area (TPSA) is 65.3 Å². The molecule has 108 valence electrons. The number of hydrogen-bond donors (Lipinski definition) is 2. The van der Waals surface area contributed by atoms with Gasteiger partial charge in [0.15, 0.2) is 0 Å². The van der Waals surface area contributed by atoms with Crippen molar-refractivity contribution in [1.29, 1.82) is 5.26 Å². The fraction of sp³-hybridized carbons (Fsp3) is 0.235. The van der Waals surface area contributed by atoms with Gasteiger partial charge in [0, 0.05) is 6.54 Å². The fourth-order valence-electron chi connectivity index (χ4n) is 2.10. The molecule has 0 bridgehead atoms. The van der Waals surface area contributed by atoms with E-state index in [1.165, 1.54) is 5.56 Å². The van der Waals surface area contributed by atoms with E-state index in [1.807, 2.05) is 30.3 Å². The number of methoxy groups -OCH3 is 1. The van der Waals surface area contributed by atoms with Crippen molar-refractivity contribution in [1.82, 2.24) is 5.32 Å². The smallest absolute Gasteiger partial charge is 0.121 e. The molecule has 0 aromatic heterocycles. The SMILES string of the molecule is COc1ccc(CCNC(C#N)c2cccc(O)c2)cc1. The van der Waals surface area contributed by atoms with Gasteiger partial charge < -0.3 is 9.84 Å². The molecule has 0 aliphatic heterocycles. The number of nitrogens with zero attached hydrogens (tertiary/aromatic N) is 1. The third kappa shape index (κ3) is 4.23. The number of aromatic hydroxyl groups is 1. The van der Waals surface area contributed by atoms with Crippen LogP contribution in [0.5, 0.6) is 11.5 Å². The maximum absolute atomic E-state index is 9.46. The second-order valence-corrected chi connectivity index (χ2v) is 4.71. The molecule has 0 heterocycles. The van der Waals surface area contributed by atoms with E-state index in [0.29, 0.717) is 6.54 Å². The number of phenols is 1. The molecule has 2 aromatic rings. The third-order valence-electron chi connectivity index (χ3n) is 3.25. The van der Waals surface area contributed by atoms with E-state index < -0.39 is 6.04 Å². The van der Waals surface area contributed by atoms with Gasteiger partial charge in [-0.25, -0.2) is 0 Å². The van der Waals surface area contributed by atoms with Crippen LogP contribution in [0.4, 0.5) is 0 Å². The van der Waals surface area contributed by atoms with Crippen LogP contribution in [0.25, 0.3) is 0 Å². The maximum atomic E-state index is 9.46. The summed E-state index contributed by atoms with van der Waals surface area (Å²) in [4.78, 5) is 0. The number of phenolic OH excluding ortho intramolecular Hbond substituents is 1. The fourth-order valence-corrected chi connectivity index (χ4v) is 2.10. The van der Waals surface area contributed by atoms with Gasteiger partial charge in [-0.2, -0.15) is 5.26 Å². The first-order valence-electron chi connectivity index (χ1n) is 6.78.